The lowest BCUT2D eigenvalue weighted by Crippen LogP contribution is -2.53. The van der Waals surface area contributed by atoms with Crippen LogP contribution in [0.3, 0.4) is 0 Å². The van der Waals surface area contributed by atoms with Crippen molar-refractivity contribution in [1.82, 2.24) is 34.9 Å². The summed E-state index contributed by atoms with van der Waals surface area (Å²) in [6, 6.07) is 12.4. The number of nitrogens with zero attached hydrogens (tertiary/aromatic N) is 6. The molecule has 0 bridgehead atoms. The third-order valence-corrected chi connectivity index (χ3v) is 7.46. The van der Waals surface area contributed by atoms with Crippen LogP contribution in [0.4, 0.5) is 0 Å². The third-order valence-electron chi connectivity index (χ3n) is 7.46. The van der Waals surface area contributed by atoms with Crippen LogP contribution in [0.25, 0.3) is 0 Å². The molecule has 2 aliphatic rings. The van der Waals surface area contributed by atoms with Crippen LogP contribution in [0.5, 0.6) is 0 Å². The van der Waals surface area contributed by atoms with Crippen molar-refractivity contribution in [3.05, 3.63) is 77.6 Å². The number of amides is 3. The highest BCUT2D eigenvalue weighted by Gasteiger charge is 2.34. The van der Waals surface area contributed by atoms with Gasteiger partial charge in [0.2, 0.25) is 11.8 Å². The van der Waals surface area contributed by atoms with E-state index in [-0.39, 0.29) is 24.1 Å². The van der Waals surface area contributed by atoms with Crippen molar-refractivity contribution in [3.8, 4) is 0 Å². The summed E-state index contributed by atoms with van der Waals surface area (Å²) < 4.78 is 1.81. The third kappa shape index (κ3) is 6.32. The lowest BCUT2D eigenvalue weighted by atomic mass is 9.99. The Labute approximate surface area is 228 Å². The first-order valence-electron chi connectivity index (χ1n) is 13.7. The Kier molecular flexibility index (Phi) is 8.29. The van der Waals surface area contributed by atoms with Crippen LogP contribution in [0.1, 0.15) is 65.7 Å². The highest BCUT2D eigenvalue weighted by Crippen LogP contribution is 2.23. The van der Waals surface area contributed by atoms with Crippen LogP contribution in [0.2, 0.25) is 0 Å². The maximum atomic E-state index is 13.7. The highest BCUT2D eigenvalue weighted by atomic mass is 16.2. The van der Waals surface area contributed by atoms with Gasteiger partial charge in [-0.25, -0.2) is 9.67 Å². The van der Waals surface area contributed by atoms with Gasteiger partial charge in [0.25, 0.3) is 5.91 Å². The van der Waals surface area contributed by atoms with E-state index in [1.165, 1.54) is 0 Å². The first-order chi connectivity index (χ1) is 19.0. The van der Waals surface area contributed by atoms with Crippen LogP contribution < -0.4 is 5.32 Å². The minimum atomic E-state index is -0.514. The van der Waals surface area contributed by atoms with Gasteiger partial charge in [-0.3, -0.25) is 19.4 Å². The number of piperidine rings is 1. The Morgan fingerprint density at radius 3 is 2.56 bits per heavy atom. The first-order valence-corrected chi connectivity index (χ1v) is 13.7. The average molecular weight is 530 g/mol. The van der Waals surface area contributed by atoms with Gasteiger partial charge in [0, 0.05) is 44.0 Å². The van der Waals surface area contributed by atoms with Crippen molar-refractivity contribution >= 4 is 17.7 Å². The van der Waals surface area contributed by atoms with Crippen LogP contribution in [-0.2, 0) is 22.6 Å². The Morgan fingerprint density at radius 2 is 1.77 bits per heavy atom. The van der Waals surface area contributed by atoms with Gasteiger partial charge >= 0.3 is 0 Å². The predicted octanol–water partition coefficient (Wildman–Crippen LogP) is 2.70. The molecule has 204 valence electrons. The van der Waals surface area contributed by atoms with Crippen LogP contribution in [-0.4, -0.2) is 72.9 Å². The van der Waals surface area contributed by atoms with Gasteiger partial charge in [-0.1, -0.05) is 30.3 Å². The van der Waals surface area contributed by atoms with Crippen LogP contribution in [0.15, 0.2) is 54.9 Å². The van der Waals surface area contributed by atoms with Crippen molar-refractivity contribution in [3.63, 3.8) is 0 Å². The van der Waals surface area contributed by atoms with E-state index < -0.39 is 12.1 Å². The van der Waals surface area contributed by atoms with Gasteiger partial charge in [0.05, 0.1) is 12.6 Å². The number of pyridine rings is 1. The lowest BCUT2D eigenvalue weighted by molar-refractivity contribution is -0.142. The molecule has 2 atom stereocenters. The molecule has 5 rings (SSSR count). The Hall–Kier alpha value is -4.08. The molecular formula is C29H35N7O3. The summed E-state index contributed by atoms with van der Waals surface area (Å²) in [5, 5.41) is 7.86. The number of benzene rings is 1. The Morgan fingerprint density at radius 1 is 0.974 bits per heavy atom. The van der Waals surface area contributed by atoms with E-state index in [0.29, 0.717) is 62.7 Å². The molecule has 0 saturated carbocycles. The van der Waals surface area contributed by atoms with E-state index in [1.54, 1.807) is 34.3 Å². The average Bonchev–Trinajstić information content (AvgIpc) is 3.34. The van der Waals surface area contributed by atoms with Gasteiger partial charge in [-0.2, -0.15) is 5.10 Å². The van der Waals surface area contributed by atoms with Crippen molar-refractivity contribution in [2.24, 2.45) is 0 Å². The maximum absolute atomic E-state index is 13.7. The number of aromatic nitrogens is 4. The SMILES string of the molecule is Cc1nc2n(n1)CCN(C(=O)c1ccncc1)CCCC(=O)N1CCCC[C@H]1C(=O)N[C@@H]2Cc1ccccc1. The molecular weight excluding hydrogens is 494 g/mol. The fraction of sp³-hybridized carbons (Fsp3) is 0.448. The Balaban J connectivity index is 1.49. The number of rotatable bonds is 3. The van der Waals surface area contributed by atoms with Gasteiger partial charge < -0.3 is 15.1 Å². The maximum Gasteiger partial charge on any atom is 0.254 e. The van der Waals surface area contributed by atoms with E-state index in [9.17, 15) is 14.4 Å². The number of hydrogen-bond acceptors (Lipinski definition) is 6. The number of nitrogens with one attached hydrogen (secondary N) is 1. The molecule has 1 fully saturated rings. The topological polar surface area (TPSA) is 113 Å². The second-order valence-electron chi connectivity index (χ2n) is 10.2. The molecule has 0 unspecified atom stereocenters. The van der Waals surface area contributed by atoms with Crippen molar-refractivity contribution < 1.29 is 14.4 Å². The van der Waals surface area contributed by atoms with Crippen LogP contribution >= 0.6 is 0 Å². The zero-order valence-corrected chi connectivity index (χ0v) is 22.3. The fourth-order valence-electron chi connectivity index (χ4n) is 5.49. The number of carbonyl (C=O) groups excluding carboxylic acids is 3. The van der Waals surface area contributed by atoms with E-state index >= 15 is 0 Å². The zero-order chi connectivity index (χ0) is 27.2. The molecule has 0 aliphatic carbocycles. The van der Waals surface area contributed by atoms with E-state index in [2.05, 4.69) is 15.4 Å². The monoisotopic (exact) mass is 529 g/mol. The normalized spacial score (nSPS) is 20.9. The van der Waals surface area contributed by atoms with Gasteiger partial charge in [-0.15, -0.1) is 0 Å². The molecule has 2 aliphatic heterocycles. The molecule has 0 radical (unpaired) electrons. The molecule has 1 N–H and O–H groups in total. The highest BCUT2D eigenvalue weighted by molar-refractivity contribution is 5.94. The quantitative estimate of drug-likeness (QED) is 0.558. The van der Waals surface area contributed by atoms with Crippen molar-refractivity contribution in [2.45, 2.75) is 64.1 Å². The molecule has 1 aromatic carbocycles. The van der Waals surface area contributed by atoms with E-state index in [1.807, 2.05) is 41.9 Å². The molecule has 2 aromatic heterocycles. The van der Waals surface area contributed by atoms with Crippen LogP contribution in [0, 0.1) is 6.92 Å². The summed E-state index contributed by atoms with van der Waals surface area (Å²) in [6.45, 7) is 3.63. The molecule has 3 amide bonds. The summed E-state index contributed by atoms with van der Waals surface area (Å²) >= 11 is 0. The molecule has 10 nitrogen and oxygen atoms in total. The molecule has 3 aromatic rings. The summed E-state index contributed by atoms with van der Waals surface area (Å²) in [5.41, 5.74) is 1.61. The molecule has 4 heterocycles. The molecule has 1 saturated heterocycles. The van der Waals surface area contributed by atoms with Crippen molar-refractivity contribution in [2.75, 3.05) is 19.6 Å². The smallest absolute Gasteiger partial charge is 0.254 e. The van der Waals surface area contributed by atoms with Gasteiger partial charge in [0.15, 0.2) is 0 Å². The minimum Gasteiger partial charge on any atom is -0.344 e. The Bertz CT molecular complexity index is 1290. The number of fused-ring (bicyclic) bond motifs is 2. The van der Waals surface area contributed by atoms with E-state index in [4.69, 9.17) is 4.98 Å². The standard InChI is InChI=1S/C29H35N7O3/c1-21-31-27-24(20-22-8-3-2-4-9-22)32-28(38)25-10-5-6-17-35(25)26(37)11-7-16-34(18-19-36(27)33-21)29(39)23-12-14-30-15-13-23/h2-4,8-9,12-15,24-25H,5-7,10-11,16-20H2,1H3,(H,32,38)/t24-,25+/m1/s1. The molecule has 10 heteroatoms. The van der Waals surface area contributed by atoms with Gasteiger partial charge in [-0.05, 0) is 56.7 Å². The summed E-state index contributed by atoms with van der Waals surface area (Å²) in [5.74, 6) is 0.944. The fourth-order valence-corrected chi connectivity index (χ4v) is 5.49. The summed E-state index contributed by atoms with van der Waals surface area (Å²) in [6.07, 6.45) is 6.95. The number of carbonyl (C=O) groups is 3. The molecule has 0 spiro atoms. The largest absolute Gasteiger partial charge is 0.344 e. The predicted molar refractivity (Wildman–Crippen MR) is 145 cm³/mol. The lowest BCUT2D eigenvalue weighted by Gasteiger charge is -2.36. The number of hydrogen-bond donors (Lipinski definition) is 1. The second-order valence-corrected chi connectivity index (χ2v) is 10.2. The van der Waals surface area contributed by atoms with E-state index in [0.717, 1.165) is 18.4 Å². The number of aryl methyl sites for hydroxylation is 1. The first kappa shape index (κ1) is 26.5. The summed E-state index contributed by atoms with van der Waals surface area (Å²) in [7, 11) is 0. The zero-order valence-electron chi connectivity index (χ0n) is 22.3. The minimum absolute atomic E-state index is 0.0400. The van der Waals surface area contributed by atoms with Crippen molar-refractivity contribution in [1.29, 1.82) is 0 Å². The molecule has 39 heavy (non-hydrogen) atoms. The van der Waals surface area contributed by atoms with Gasteiger partial charge in [0.1, 0.15) is 17.7 Å². The second kappa shape index (κ2) is 12.2. The summed E-state index contributed by atoms with van der Waals surface area (Å²) in [4.78, 5) is 52.6.